The van der Waals surface area contributed by atoms with Crippen molar-refractivity contribution in [3.8, 4) is 11.8 Å². The Labute approximate surface area is 118 Å². The fourth-order valence-corrected chi connectivity index (χ4v) is 1.89. The van der Waals surface area contributed by atoms with Crippen LogP contribution in [0.2, 0.25) is 0 Å². The molecule has 2 rings (SSSR count). The molecule has 0 aromatic heterocycles. The van der Waals surface area contributed by atoms with Crippen LogP contribution in [0.25, 0.3) is 0 Å². The van der Waals surface area contributed by atoms with Crippen LogP contribution in [-0.4, -0.2) is 6.61 Å². The zero-order valence-electron chi connectivity index (χ0n) is 11.4. The quantitative estimate of drug-likeness (QED) is 0.814. The minimum atomic E-state index is 0.310. The van der Waals surface area contributed by atoms with Crippen molar-refractivity contribution in [2.24, 2.45) is 0 Å². The zero-order chi connectivity index (χ0) is 14.4. The summed E-state index contributed by atoms with van der Waals surface area (Å²) in [4.78, 5) is 0. The third-order valence-electron chi connectivity index (χ3n) is 2.87. The predicted molar refractivity (Wildman–Crippen MR) is 81.1 cm³/mol. The Hall–Kier alpha value is -2.67. The molecule has 0 amide bonds. The van der Waals surface area contributed by atoms with Gasteiger partial charge in [0.15, 0.2) is 0 Å². The number of benzene rings is 2. The Balaban J connectivity index is 2.13. The molecule has 2 aromatic rings. The molecule has 0 aliphatic rings. The number of nitrogens with two attached hydrogens (primary N) is 1. The number of hydrogen-bond donors (Lipinski definition) is 2. The van der Waals surface area contributed by atoms with E-state index in [2.05, 4.69) is 11.4 Å². The number of nitrogens with one attached hydrogen (secondary N) is 1. The van der Waals surface area contributed by atoms with Crippen LogP contribution < -0.4 is 15.8 Å². The van der Waals surface area contributed by atoms with E-state index in [1.54, 1.807) is 0 Å². The van der Waals surface area contributed by atoms with Crippen LogP contribution in [0.1, 0.15) is 12.5 Å². The first-order chi connectivity index (χ1) is 9.72. The average molecular weight is 267 g/mol. The van der Waals surface area contributed by atoms with Crippen LogP contribution in [-0.2, 0) is 6.42 Å². The molecule has 0 atom stereocenters. The molecule has 0 spiro atoms. The fourth-order valence-electron chi connectivity index (χ4n) is 1.89. The SMILES string of the molecule is CCOc1ccc(Nc2ccc(N)c(CC#N)c2)cc1. The minimum absolute atomic E-state index is 0.310. The van der Waals surface area contributed by atoms with Crippen LogP contribution in [0.3, 0.4) is 0 Å². The summed E-state index contributed by atoms with van der Waals surface area (Å²) in [5, 5.41) is 12.0. The normalized spacial score (nSPS) is 9.80. The van der Waals surface area contributed by atoms with Gasteiger partial charge >= 0.3 is 0 Å². The molecule has 0 heterocycles. The molecule has 4 nitrogen and oxygen atoms in total. The average Bonchev–Trinajstić information content (AvgIpc) is 2.45. The number of ether oxygens (including phenoxy) is 1. The Bertz CT molecular complexity index is 615. The molecule has 4 heteroatoms. The summed E-state index contributed by atoms with van der Waals surface area (Å²) < 4.78 is 5.40. The Kier molecular flexibility index (Phi) is 4.46. The van der Waals surface area contributed by atoms with Crippen molar-refractivity contribution < 1.29 is 4.74 Å². The lowest BCUT2D eigenvalue weighted by atomic mass is 10.1. The number of nitriles is 1. The summed E-state index contributed by atoms with van der Waals surface area (Å²) in [6.07, 6.45) is 0.310. The summed E-state index contributed by atoms with van der Waals surface area (Å²) >= 11 is 0. The van der Waals surface area contributed by atoms with Crippen molar-refractivity contribution in [1.82, 2.24) is 0 Å². The largest absolute Gasteiger partial charge is 0.494 e. The molecular weight excluding hydrogens is 250 g/mol. The van der Waals surface area contributed by atoms with Gasteiger partial charge in [-0.15, -0.1) is 0 Å². The molecule has 0 bridgehead atoms. The molecular formula is C16H17N3O. The molecule has 0 saturated carbocycles. The first-order valence-electron chi connectivity index (χ1n) is 6.48. The Morgan fingerprint density at radius 1 is 1.15 bits per heavy atom. The highest BCUT2D eigenvalue weighted by molar-refractivity contribution is 5.65. The molecule has 0 fully saturated rings. The fraction of sp³-hybridized carbons (Fsp3) is 0.188. The van der Waals surface area contributed by atoms with Crippen LogP contribution >= 0.6 is 0 Å². The van der Waals surface area contributed by atoms with E-state index in [1.165, 1.54) is 0 Å². The maximum atomic E-state index is 8.77. The summed E-state index contributed by atoms with van der Waals surface area (Å²) in [6, 6.07) is 15.4. The van der Waals surface area contributed by atoms with Crippen molar-refractivity contribution in [3.05, 3.63) is 48.0 Å². The highest BCUT2D eigenvalue weighted by Crippen LogP contribution is 2.23. The van der Waals surface area contributed by atoms with E-state index in [0.29, 0.717) is 18.7 Å². The molecule has 0 unspecified atom stereocenters. The van der Waals surface area contributed by atoms with Gasteiger partial charge < -0.3 is 15.8 Å². The van der Waals surface area contributed by atoms with Gasteiger partial charge in [-0.1, -0.05) is 0 Å². The molecule has 20 heavy (non-hydrogen) atoms. The summed E-state index contributed by atoms with van der Waals surface area (Å²) in [6.45, 7) is 2.61. The van der Waals surface area contributed by atoms with Gasteiger partial charge in [-0.05, 0) is 55.0 Å². The lowest BCUT2D eigenvalue weighted by Gasteiger charge is -2.10. The third-order valence-corrected chi connectivity index (χ3v) is 2.87. The van der Waals surface area contributed by atoms with Crippen molar-refractivity contribution in [3.63, 3.8) is 0 Å². The van der Waals surface area contributed by atoms with Crippen molar-refractivity contribution in [2.45, 2.75) is 13.3 Å². The van der Waals surface area contributed by atoms with Gasteiger partial charge in [0.1, 0.15) is 5.75 Å². The molecule has 0 saturated heterocycles. The van der Waals surface area contributed by atoms with Gasteiger partial charge in [0.05, 0.1) is 19.1 Å². The molecule has 0 radical (unpaired) electrons. The van der Waals surface area contributed by atoms with Gasteiger partial charge in [-0.25, -0.2) is 0 Å². The number of hydrogen-bond acceptors (Lipinski definition) is 4. The first kappa shape index (κ1) is 13.8. The monoisotopic (exact) mass is 267 g/mol. The molecule has 0 aliphatic heterocycles. The maximum absolute atomic E-state index is 8.77. The molecule has 102 valence electrons. The maximum Gasteiger partial charge on any atom is 0.119 e. The van der Waals surface area contributed by atoms with Gasteiger partial charge in [-0.3, -0.25) is 0 Å². The number of nitrogen functional groups attached to an aromatic ring is 1. The van der Waals surface area contributed by atoms with Crippen LogP contribution in [0.4, 0.5) is 17.1 Å². The lowest BCUT2D eigenvalue weighted by molar-refractivity contribution is 0.340. The van der Waals surface area contributed by atoms with E-state index in [0.717, 1.165) is 22.7 Å². The summed E-state index contributed by atoms with van der Waals surface area (Å²) in [7, 11) is 0. The first-order valence-corrected chi connectivity index (χ1v) is 6.48. The second kappa shape index (κ2) is 6.48. The third kappa shape index (κ3) is 3.42. The smallest absolute Gasteiger partial charge is 0.119 e. The standard InChI is InChI=1S/C16H17N3O/c1-2-20-15-6-3-13(4-7-15)19-14-5-8-16(18)12(11-14)9-10-17/h3-8,11,19H,2,9,18H2,1H3. The highest BCUT2D eigenvalue weighted by Gasteiger charge is 2.02. The molecule has 0 aliphatic carbocycles. The number of anilines is 3. The summed E-state index contributed by atoms with van der Waals surface area (Å²) in [5.74, 6) is 0.848. The van der Waals surface area contributed by atoms with E-state index >= 15 is 0 Å². The van der Waals surface area contributed by atoms with E-state index in [1.807, 2.05) is 49.4 Å². The van der Waals surface area contributed by atoms with Crippen LogP contribution in [0.5, 0.6) is 5.75 Å². The van der Waals surface area contributed by atoms with E-state index < -0.39 is 0 Å². The summed E-state index contributed by atoms with van der Waals surface area (Å²) in [5.41, 5.74) is 9.18. The molecule has 3 N–H and O–H groups in total. The number of rotatable bonds is 5. The van der Waals surface area contributed by atoms with Crippen LogP contribution in [0, 0.1) is 11.3 Å². The predicted octanol–water partition coefficient (Wildman–Crippen LogP) is 3.48. The topological polar surface area (TPSA) is 71.1 Å². The van der Waals surface area contributed by atoms with Crippen molar-refractivity contribution in [1.29, 1.82) is 5.26 Å². The van der Waals surface area contributed by atoms with E-state index in [-0.39, 0.29) is 0 Å². The van der Waals surface area contributed by atoms with Gasteiger partial charge in [0.2, 0.25) is 0 Å². The Morgan fingerprint density at radius 2 is 1.85 bits per heavy atom. The van der Waals surface area contributed by atoms with Crippen molar-refractivity contribution >= 4 is 17.1 Å². The second-order valence-corrected chi connectivity index (χ2v) is 4.33. The van der Waals surface area contributed by atoms with Gasteiger partial charge in [0, 0.05) is 17.1 Å². The molecule has 2 aromatic carbocycles. The minimum Gasteiger partial charge on any atom is -0.494 e. The zero-order valence-corrected chi connectivity index (χ0v) is 11.4. The van der Waals surface area contributed by atoms with E-state index in [9.17, 15) is 0 Å². The lowest BCUT2D eigenvalue weighted by Crippen LogP contribution is -1.97. The van der Waals surface area contributed by atoms with Gasteiger partial charge in [-0.2, -0.15) is 5.26 Å². The van der Waals surface area contributed by atoms with Crippen molar-refractivity contribution in [2.75, 3.05) is 17.7 Å². The van der Waals surface area contributed by atoms with E-state index in [4.69, 9.17) is 15.7 Å². The van der Waals surface area contributed by atoms with Gasteiger partial charge in [0.25, 0.3) is 0 Å². The van der Waals surface area contributed by atoms with Crippen LogP contribution in [0.15, 0.2) is 42.5 Å². The highest BCUT2D eigenvalue weighted by atomic mass is 16.5. The second-order valence-electron chi connectivity index (χ2n) is 4.33. The number of nitrogens with zero attached hydrogens (tertiary/aromatic N) is 1. The Morgan fingerprint density at radius 3 is 2.50 bits per heavy atom.